The zero-order chi connectivity index (χ0) is 12.9. The molecular weight excluding hydrogens is 234 g/mol. The number of fused-ring (bicyclic) bond motifs is 1. The molecule has 0 aromatic rings. The average molecular weight is 265 g/mol. The van der Waals surface area contributed by atoms with Crippen LogP contribution in [0.15, 0.2) is 0 Å². The van der Waals surface area contributed by atoms with E-state index in [1.807, 2.05) is 0 Å². The van der Waals surface area contributed by atoms with Crippen molar-refractivity contribution in [1.29, 1.82) is 0 Å². The Morgan fingerprint density at radius 3 is 2.63 bits per heavy atom. The van der Waals surface area contributed by atoms with Crippen molar-refractivity contribution in [2.24, 2.45) is 5.92 Å². The van der Waals surface area contributed by atoms with Crippen molar-refractivity contribution in [3.05, 3.63) is 0 Å². The summed E-state index contributed by atoms with van der Waals surface area (Å²) in [7, 11) is 0. The van der Waals surface area contributed by atoms with Gasteiger partial charge in [-0.15, -0.1) is 0 Å². The van der Waals surface area contributed by atoms with Crippen molar-refractivity contribution >= 4 is 0 Å². The topological polar surface area (TPSA) is 18.5 Å². The third-order valence-corrected chi connectivity index (χ3v) is 5.40. The van der Waals surface area contributed by atoms with Crippen LogP contribution in [0.1, 0.15) is 44.9 Å². The Bertz CT molecular complexity index is 263. The number of nitrogens with zero attached hydrogens (tertiary/aromatic N) is 2. The van der Waals surface area contributed by atoms with E-state index in [0.29, 0.717) is 0 Å². The fraction of sp³-hybridized carbons (Fsp3) is 1.00. The van der Waals surface area contributed by atoms with Crippen LogP contribution in [0, 0.1) is 5.92 Å². The molecule has 3 heteroatoms. The Morgan fingerprint density at radius 1 is 0.895 bits per heavy atom. The molecule has 1 atom stereocenters. The van der Waals surface area contributed by atoms with Gasteiger partial charge in [0, 0.05) is 25.7 Å². The lowest BCUT2D eigenvalue weighted by molar-refractivity contribution is 0.219. The molecule has 2 saturated heterocycles. The normalized spacial score (nSPS) is 30.6. The summed E-state index contributed by atoms with van der Waals surface area (Å²) >= 11 is 0. The first-order valence-electron chi connectivity index (χ1n) is 8.59. The van der Waals surface area contributed by atoms with Crippen molar-refractivity contribution in [3.8, 4) is 0 Å². The minimum absolute atomic E-state index is 0.873. The van der Waals surface area contributed by atoms with E-state index >= 15 is 0 Å². The molecule has 2 heterocycles. The lowest BCUT2D eigenvalue weighted by atomic mass is 10.1. The van der Waals surface area contributed by atoms with Gasteiger partial charge in [0.05, 0.1) is 0 Å². The van der Waals surface area contributed by atoms with Crippen LogP contribution in [-0.4, -0.2) is 61.7 Å². The minimum atomic E-state index is 0.873. The number of rotatable bonds is 5. The SMILES string of the molecule is C1CCC(CNCCN2CCCN3CCCC3C2)C1. The molecule has 3 rings (SSSR count). The second-order valence-electron chi connectivity index (χ2n) is 6.84. The largest absolute Gasteiger partial charge is 0.315 e. The van der Waals surface area contributed by atoms with Gasteiger partial charge >= 0.3 is 0 Å². The highest BCUT2D eigenvalue weighted by molar-refractivity contribution is 4.85. The van der Waals surface area contributed by atoms with E-state index in [2.05, 4.69) is 15.1 Å². The molecule has 1 N–H and O–H groups in total. The quantitative estimate of drug-likeness (QED) is 0.766. The summed E-state index contributed by atoms with van der Waals surface area (Å²) in [6.07, 6.45) is 10.1. The van der Waals surface area contributed by atoms with Crippen LogP contribution in [0.3, 0.4) is 0 Å². The number of hydrogen-bond acceptors (Lipinski definition) is 3. The van der Waals surface area contributed by atoms with Gasteiger partial charge in [0.25, 0.3) is 0 Å². The van der Waals surface area contributed by atoms with Crippen molar-refractivity contribution in [2.45, 2.75) is 51.0 Å². The fourth-order valence-electron chi connectivity index (χ4n) is 4.24. The highest BCUT2D eigenvalue weighted by atomic mass is 15.3. The Balaban J connectivity index is 1.32. The molecule has 110 valence electrons. The van der Waals surface area contributed by atoms with E-state index in [4.69, 9.17) is 0 Å². The Labute approximate surface area is 118 Å². The highest BCUT2D eigenvalue weighted by Gasteiger charge is 2.28. The van der Waals surface area contributed by atoms with E-state index in [1.165, 1.54) is 90.8 Å². The predicted octanol–water partition coefficient (Wildman–Crippen LogP) is 1.94. The zero-order valence-corrected chi connectivity index (χ0v) is 12.4. The molecular formula is C16H31N3. The van der Waals surface area contributed by atoms with E-state index in [1.54, 1.807) is 0 Å². The lowest BCUT2D eigenvalue weighted by Crippen LogP contribution is -2.39. The third kappa shape index (κ3) is 3.93. The molecule has 3 nitrogen and oxygen atoms in total. The molecule has 0 radical (unpaired) electrons. The average Bonchev–Trinajstić information content (AvgIpc) is 3.04. The first-order chi connectivity index (χ1) is 9.42. The second kappa shape index (κ2) is 7.05. The van der Waals surface area contributed by atoms with Crippen molar-refractivity contribution < 1.29 is 0 Å². The monoisotopic (exact) mass is 265 g/mol. The van der Waals surface area contributed by atoms with Crippen molar-refractivity contribution in [2.75, 3.05) is 45.8 Å². The van der Waals surface area contributed by atoms with Gasteiger partial charge in [0.2, 0.25) is 0 Å². The molecule has 19 heavy (non-hydrogen) atoms. The van der Waals surface area contributed by atoms with Crippen LogP contribution >= 0.6 is 0 Å². The molecule has 2 aliphatic heterocycles. The summed E-state index contributed by atoms with van der Waals surface area (Å²) in [6.45, 7) is 9.07. The van der Waals surface area contributed by atoms with Crippen LogP contribution in [0.5, 0.6) is 0 Å². The summed E-state index contributed by atoms with van der Waals surface area (Å²) < 4.78 is 0. The molecule has 3 aliphatic rings. The molecule has 1 aliphatic carbocycles. The molecule has 0 bridgehead atoms. The molecule has 0 amide bonds. The predicted molar refractivity (Wildman–Crippen MR) is 80.5 cm³/mol. The number of hydrogen-bond donors (Lipinski definition) is 1. The van der Waals surface area contributed by atoms with Crippen LogP contribution in [0.4, 0.5) is 0 Å². The summed E-state index contributed by atoms with van der Waals surface area (Å²) in [4.78, 5) is 5.43. The van der Waals surface area contributed by atoms with E-state index in [0.717, 1.165) is 12.0 Å². The minimum Gasteiger partial charge on any atom is -0.315 e. The third-order valence-electron chi connectivity index (χ3n) is 5.40. The molecule has 0 aromatic carbocycles. The van der Waals surface area contributed by atoms with E-state index in [-0.39, 0.29) is 0 Å². The maximum atomic E-state index is 3.70. The molecule has 0 spiro atoms. The summed E-state index contributed by atoms with van der Waals surface area (Å²) in [5.74, 6) is 0.981. The highest BCUT2D eigenvalue weighted by Crippen LogP contribution is 2.23. The van der Waals surface area contributed by atoms with Gasteiger partial charge in [-0.05, 0) is 64.2 Å². The first-order valence-corrected chi connectivity index (χ1v) is 8.59. The first kappa shape index (κ1) is 13.8. The summed E-state index contributed by atoms with van der Waals surface area (Å²) in [5, 5.41) is 3.70. The Morgan fingerprint density at radius 2 is 1.74 bits per heavy atom. The van der Waals surface area contributed by atoms with Crippen LogP contribution < -0.4 is 5.32 Å². The number of nitrogens with one attached hydrogen (secondary N) is 1. The Kier molecular flexibility index (Phi) is 5.14. The Hall–Kier alpha value is -0.120. The second-order valence-corrected chi connectivity index (χ2v) is 6.84. The van der Waals surface area contributed by atoms with Gasteiger partial charge in [0.1, 0.15) is 0 Å². The summed E-state index contributed by atoms with van der Waals surface area (Å²) in [6, 6.07) is 0.873. The zero-order valence-electron chi connectivity index (χ0n) is 12.4. The summed E-state index contributed by atoms with van der Waals surface area (Å²) in [5.41, 5.74) is 0. The van der Waals surface area contributed by atoms with Crippen LogP contribution in [0.25, 0.3) is 0 Å². The van der Waals surface area contributed by atoms with Crippen LogP contribution in [0.2, 0.25) is 0 Å². The van der Waals surface area contributed by atoms with Gasteiger partial charge in [-0.25, -0.2) is 0 Å². The maximum absolute atomic E-state index is 3.70. The van der Waals surface area contributed by atoms with Gasteiger partial charge in [-0.3, -0.25) is 4.90 Å². The van der Waals surface area contributed by atoms with Gasteiger partial charge < -0.3 is 10.2 Å². The fourth-order valence-corrected chi connectivity index (χ4v) is 4.24. The molecule has 3 fully saturated rings. The lowest BCUT2D eigenvalue weighted by Gasteiger charge is -2.25. The molecule has 1 saturated carbocycles. The van der Waals surface area contributed by atoms with Crippen LogP contribution in [-0.2, 0) is 0 Å². The van der Waals surface area contributed by atoms with Gasteiger partial charge in [0.15, 0.2) is 0 Å². The van der Waals surface area contributed by atoms with E-state index < -0.39 is 0 Å². The van der Waals surface area contributed by atoms with Crippen molar-refractivity contribution in [1.82, 2.24) is 15.1 Å². The van der Waals surface area contributed by atoms with Crippen molar-refractivity contribution in [3.63, 3.8) is 0 Å². The van der Waals surface area contributed by atoms with E-state index in [9.17, 15) is 0 Å². The smallest absolute Gasteiger partial charge is 0.0223 e. The molecule has 1 unspecified atom stereocenters. The van der Waals surface area contributed by atoms with Gasteiger partial charge in [-0.1, -0.05) is 12.8 Å². The molecule has 0 aromatic heterocycles. The van der Waals surface area contributed by atoms with Gasteiger partial charge in [-0.2, -0.15) is 0 Å². The standard InChI is InChI=1S/C16H31N3/c1-2-6-15(5-1)13-17-8-12-18-9-4-11-19-10-3-7-16(19)14-18/h15-17H,1-14H2. The maximum Gasteiger partial charge on any atom is 0.0223 e.